The molecule has 0 aromatic heterocycles. The molecule has 0 amide bonds. The zero-order chi connectivity index (χ0) is 23.0. The van der Waals surface area contributed by atoms with Gasteiger partial charge in [-0.2, -0.15) is 13.2 Å². The molecule has 2 atom stereocenters. The van der Waals surface area contributed by atoms with Gasteiger partial charge in [0.1, 0.15) is 11.6 Å². The molecule has 0 unspecified atom stereocenters. The molecule has 0 N–H and O–H groups in total. The second-order valence-corrected chi connectivity index (χ2v) is 7.72. The zero-order valence-electron chi connectivity index (χ0n) is 16.4. The molecule has 1 aromatic carbocycles. The summed E-state index contributed by atoms with van der Waals surface area (Å²) in [6.07, 6.45) is -4.04. The minimum atomic E-state index is -4.76. The third-order valence-electron chi connectivity index (χ3n) is 5.07. The molecule has 30 heavy (non-hydrogen) atoms. The van der Waals surface area contributed by atoms with Crippen LogP contribution in [0.3, 0.4) is 0 Å². The van der Waals surface area contributed by atoms with Crippen molar-refractivity contribution in [1.82, 2.24) is 0 Å². The fourth-order valence-electron chi connectivity index (χ4n) is 3.27. The van der Waals surface area contributed by atoms with E-state index in [2.05, 4.69) is 4.74 Å². The molecule has 1 aromatic rings. The lowest BCUT2D eigenvalue weighted by Crippen LogP contribution is -2.14. The topological polar surface area (TPSA) is 44.8 Å². The molecular formula is C19H19ClF6O4. The van der Waals surface area contributed by atoms with Gasteiger partial charge in [-0.1, -0.05) is 31.5 Å². The van der Waals surface area contributed by atoms with E-state index in [9.17, 15) is 31.1 Å². The van der Waals surface area contributed by atoms with Crippen LogP contribution in [0.5, 0.6) is 5.75 Å². The van der Waals surface area contributed by atoms with Gasteiger partial charge in [-0.3, -0.25) is 4.79 Å². The minimum absolute atomic E-state index is 0.560. The Balaban J connectivity index is 2.23. The van der Waals surface area contributed by atoms with Crippen LogP contribution < -0.4 is 4.74 Å². The third kappa shape index (κ3) is 4.54. The highest BCUT2D eigenvalue weighted by Gasteiger charge is 2.62. The monoisotopic (exact) mass is 460 g/mol. The van der Waals surface area contributed by atoms with E-state index in [-0.39, 0.29) is 0 Å². The van der Waals surface area contributed by atoms with Gasteiger partial charge in [0.05, 0.1) is 30.8 Å². The van der Waals surface area contributed by atoms with E-state index in [1.807, 2.05) is 0 Å². The molecule has 1 saturated carbocycles. The summed E-state index contributed by atoms with van der Waals surface area (Å²) in [7, 11) is 2.17. The molecule has 1 aliphatic rings. The normalized spacial score (nSPS) is 20.8. The SMILES string of the molecule is COCc1c(F)c(F)c(COC(=O)[C@@H]2[C@H](/C=C(\Cl)C(F)(F)F)C2(C)C)c(OC)c1F. The van der Waals surface area contributed by atoms with Crippen LogP contribution in [0.4, 0.5) is 26.3 Å². The first-order valence-corrected chi connectivity index (χ1v) is 8.99. The van der Waals surface area contributed by atoms with E-state index in [1.165, 1.54) is 13.8 Å². The van der Waals surface area contributed by atoms with Crippen molar-refractivity contribution in [2.75, 3.05) is 14.2 Å². The third-order valence-corrected chi connectivity index (χ3v) is 5.41. The van der Waals surface area contributed by atoms with Crippen molar-refractivity contribution in [3.63, 3.8) is 0 Å². The number of carbonyl (C=O) groups excluding carboxylic acids is 1. The van der Waals surface area contributed by atoms with Gasteiger partial charge in [-0.05, 0) is 11.3 Å². The number of ether oxygens (including phenoxy) is 3. The molecule has 0 spiro atoms. The summed E-state index contributed by atoms with van der Waals surface area (Å²) in [5.41, 5.74) is -2.28. The lowest BCUT2D eigenvalue weighted by atomic mass is 10.1. The summed E-state index contributed by atoms with van der Waals surface area (Å²) >= 11 is 5.22. The van der Waals surface area contributed by atoms with Gasteiger partial charge < -0.3 is 14.2 Å². The Hall–Kier alpha value is -1.94. The van der Waals surface area contributed by atoms with Crippen molar-refractivity contribution in [1.29, 1.82) is 0 Å². The van der Waals surface area contributed by atoms with E-state index in [0.29, 0.717) is 6.08 Å². The molecule has 168 valence electrons. The molecular weight excluding hydrogens is 442 g/mol. The van der Waals surface area contributed by atoms with Crippen LogP contribution in [0.2, 0.25) is 0 Å². The second kappa shape index (κ2) is 8.66. The average Bonchev–Trinajstić information content (AvgIpc) is 3.19. The first-order valence-electron chi connectivity index (χ1n) is 8.61. The summed E-state index contributed by atoms with van der Waals surface area (Å²) in [5, 5.41) is -1.37. The summed E-state index contributed by atoms with van der Waals surface area (Å²) in [6, 6.07) is 0. The highest BCUT2D eigenvalue weighted by Crippen LogP contribution is 2.60. The smallest absolute Gasteiger partial charge is 0.426 e. The summed E-state index contributed by atoms with van der Waals surface area (Å²) < 4.78 is 95.2. The number of carbonyl (C=O) groups is 1. The summed E-state index contributed by atoms with van der Waals surface area (Å²) in [4.78, 5) is 12.3. The first-order chi connectivity index (χ1) is 13.8. The first kappa shape index (κ1) is 24.3. The van der Waals surface area contributed by atoms with Crippen LogP contribution in [0, 0.1) is 34.7 Å². The second-order valence-electron chi connectivity index (χ2n) is 7.31. The Morgan fingerprint density at radius 2 is 1.63 bits per heavy atom. The number of benzene rings is 1. The molecule has 2 rings (SSSR count). The fourth-order valence-corrected chi connectivity index (χ4v) is 3.40. The van der Waals surface area contributed by atoms with Gasteiger partial charge in [-0.25, -0.2) is 13.2 Å². The summed E-state index contributed by atoms with van der Waals surface area (Å²) in [6.45, 7) is 1.61. The Kier molecular flexibility index (Phi) is 7.03. The molecule has 0 saturated heterocycles. The molecule has 1 aliphatic carbocycles. The van der Waals surface area contributed by atoms with E-state index in [4.69, 9.17) is 21.1 Å². The zero-order valence-corrected chi connectivity index (χ0v) is 17.2. The van der Waals surface area contributed by atoms with E-state index >= 15 is 0 Å². The standard InChI is InChI=1S/C19H19ClF6O4/c1-18(2)10(5-11(20)19(24,25)26)12(18)17(27)30-7-9-14(22)13(21)8(6-28-3)15(23)16(9)29-4/h5,10,12H,6-7H2,1-4H3/b11-5-/t10-,12-/m0/s1. The van der Waals surface area contributed by atoms with Crippen molar-refractivity contribution in [3.05, 3.63) is 39.7 Å². The van der Waals surface area contributed by atoms with Gasteiger partial charge in [0.2, 0.25) is 0 Å². The molecule has 0 bridgehead atoms. The number of hydrogen-bond acceptors (Lipinski definition) is 4. The maximum Gasteiger partial charge on any atom is 0.426 e. The quantitative estimate of drug-likeness (QED) is 0.316. The van der Waals surface area contributed by atoms with Crippen LogP contribution in [-0.4, -0.2) is 26.4 Å². The molecule has 4 nitrogen and oxygen atoms in total. The molecule has 0 aliphatic heterocycles. The maximum atomic E-state index is 14.4. The Morgan fingerprint density at radius 1 is 1.07 bits per heavy atom. The molecule has 0 heterocycles. The van der Waals surface area contributed by atoms with E-state index in [0.717, 1.165) is 14.2 Å². The Labute approximate surface area is 173 Å². The van der Waals surface area contributed by atoms with Crippen molar-refractivity contribution >= 4 is 17.6 Å². The van der Waals surface area contributed by atoms with Crippen molar-refractivity contribution in [2.45, 2.75) is 33.2 Å². The number of esters is 1. The van der Waals surface area contributed by atoms with Gasteiger partial charge in [-0.15, -0.1) is 0 Å². The predicted octanol–water partition coefficient (Wildman–Crippen LogP) is 5.26. The van der Waals surface area contributed by atoms with E-state index in [1.54, 1.807) is 0 Å². The number of halogens is 7. The van der Waals surface area contributed by atoms with Gasteiger partial charge >= 0.3 is 12.1 Å². The van der Waals surface area contributed by atoms with Crippen LogP contribution in [-0.2, 0) is 27.5 Å². The number of methoxy groups -OCH3 is 2. The summed E-state index contributed by atoms with van der Waals surface area (Å²) in [5.74, 6) is -7.72. The van der Waals surface area contributed by atoms with Crippen molar-refractivity contribution in [2.24, 2.45) is 17.3 Å². The van der Waals surface area contributed by atoms with E-state index < -0.39 is 82.0 Å². The number of hydrogen-bond donors (Lipinski definition) is 0. The molecule has 11 heteroatoms. The predicted molar refractivity (Wildman–Crippen MR) is 94.1 cm³/mol. The fraction of sp³-hybridized carbons (Fsp3) is 0.526. The highest BCUT2D eigenvalue weighted by molar-refractivity contribution is 6.30. The average molecular weight is 461 g/mol. The van der Waals surface area contributed by atoms with Crippen molar-refractivity contribution in [3.8, 4) is 5.75 Å². The van der Waals surface area contributed by atoms with Gasteiger partial charge in [0.15, 0.2) is 23.2 Å². The molecule has 1 fully saturated rings. The van der Waals surface area contributed by atoms with Gasteiger partial charge in [0, 0.05) is 7.11 Å². The number of alkyl halides is 3. The molecule has 0 radical (unpaired) electrons. The van der Waals surface area contributed by atoms with Crippen LogP contribution in [0.25, 0.3) is 0 Å². The highest BCUT2D eigenvalue weighted by atomic mass is 35.5. The van der Waals surface area contributed by atoms with Crippen LogP contribution in [0.1, 0.15) is 25.0 Å². The number of allylic oxidation sites excluding steroid dienone is 2. The lowest BCUT2D eigenvalue weighted by Gasteiger charge is -2.15. The van der Waals surface area contributed by atoms with Crippen molar-refractivity contribution < 1.29 is 45.3 Å². The largest absolute Gasteiger partial charge is 0.493 e. The lowest BCUT2D eigenvalue weighted by molar-refractivity contribution is -0.147. The van der Waals surface area contributed by atoms with Crippen LogP contribution >= 0.6 is 11.6 Å². The van der Waals surface area contributed by atoms with Crippen LogP contribution in [0.15, 0.2) is 11.1 Å². The maximum absolute atomic E-state index is 14.4. The van der Waals surface area contributed by atoms with Gasteiger partial charge in [0.25, 0.3) is 0 Å². The Bertz CT molecular complexity index is 866. The Morgan fingerprint density at radius 3 is 2.13 bits per heavy atom. The minimum Gasteiger partial charge on any atom is -0.493 e. The number of rotatable bonds is 7.